The zero-order chi connectivity index (χ0) is 17.3. The molecule has 3 amide bonds. The van der Waals surface area contributed by atoms with E-state index in [1.165, 1.54) is 6.92 Å². The van der Waals surface area contributed by atoms with Crippen molar-refractivity contribution in [1.29, 1.82) is 0 Å². The zero-order valence-electron chi connectivity index (χ0n) is 13.5. The zero-order valence-corrected chi connectivity index (χ0v) is 14.3. The lowest BCUT2D eigenvalue weighted by Crippen LogP contribution is -2.44. The lowest BCUT2D eigenvalue weighted by Gasteiger charge is -2.38. The number of anilines is 1. The third-order valence-electron chi connectivity index (χ3n) is 4.83. The number of halogens is 1. The van der Waals surface area contributed by atoms with E-state index in [4.69, 9.17) is 11.6 Å². The van der Waals surface area contributed by atoms with Crippen molar-refractivity contribution < 1.29 is 14.4 Å². The molecule has 2 heterocycles. The van der Waals surface area contributed by atoms with Crippen LogP contribution < -0.4 is 10.6 Å². The summed E-state index contributed by atoms with van der Waals surface area (Å²) in [5.74, 6) is -0.175. The highest BCUT2D eigenvalue weighted by Crippen LogP contribution is 2.37. The van der Waals surface area contributed by atoms with Crippen molar-refractivity contribution >= 4 is 35.0 Å². The number of benzene rings is 1. The molecule has 2 aliphatic rings. The predicted octanol–water partition coefficient (Wildman–Crippen LogP) is 2.04. The third kappa shape index (κ3) is 3.38. The Labute approximate surface area is 145 Å². The van der Waals surface area contributed by atoms with E-state index in [0.29, 0.717) is 42.3 Å². The Bertz CT molecular complexity index is 696. The van der Waals surface area contributed by atoms with Crippen LogP contribution in [0.5, 0.6) is 0 Å². The molecule has 0 bridgehead atoms. The summed E-state index contributed by atoms with van der Waals surface area (Å²) in [5, 5.41) is 5.85. The Morgan fingerprint density at radius 1 is 1.29 bits per heavy atom. The molecular formula is C17H20ClN3O3. The quantitative estimate of drug-likeness (QED) is 0.857. The van der Waals surface area contributed by atoms with Crippen molar-refractivity contribution in [3.05, 3.63) is 28.8 Å². The summed E-state index contributed by atoms with van der Waals surface area (Å²) in [4.78, 5) is 37.0. The highest BCUT2D eigenvalue weighted by molar-refractivity contribution is 6.34. The van der Waals surface area contributed by atoms with E-state index in [1.807, 2.05) is 0 Å². The van der Waals surface area contributed by atoms with E-state index in [9.17, 15) is 14.4 Å². The van der Waals surface area contributed by atoms with Gasteiger partial charge in [-0.25, -0.2) is 0 Å². The van der Waals surface area contributed by atoms with Gasteiger partial charge in [0.15, 0.2) is 0 Å². The van der Waals surface area contributed by atoms with Crippen LogP contribution in [0.2, 0.25) is 5.02 Å². The number of hydrogen-bond donors (Lipinski definition) is 2. The molecule has 0 saturated carbocycles. The lowest BCUT2D eigenvalue weighted by molar-refractivity contribution is -0.120. The summed E-state index contributed by atoms with van der Waals surface area (Å²) in [6.07, 6.45) is 2.22. The van der Waals surface area contributed by atoms with E-state index >= 15 is 0 Å². The molecule has 1 spiro atoms. The van der Waals surface area contributed by atoms with Crippen molar-refractivity contribution in [2.24, 2.45) is 5.41 Å². The van der Waals surface area contributed by atoms with Crippen LogP contribution in [0.3, 0.4) is 0 Å². The van der Waals surface area contributed by atoms with E-state index in [2.05, 4.69) is 10.6 Å². The van der Waals surface area contributed by atoms with Gasteiger partial charge in [0.2, 0.25) is 11.8 Å². The fourth-order valence-corrected chi connectivity index (χ4v) is 3.64. The van der Waals surface area contributed by atoms with Crippen LogP contribution in [0.4, 0.5) is 5.69 Å². The number of carbonyl (C=O) groups is 3. The van der Waals surface area contributed by atoms with E-state index in [-0.39, 0.29) is 23.1 Å². The Morgan fingerprint density at radius 3 is 2.54 bits per heavy atom. The second-order valence-corrected chi connectivity index (χ2v) is 7.03. The van der Waals surface area contributed by atoms with Gasteiger partial charge in [-0.3, -0.25) is 14.4 Å². The van der Waals surface area contributed by atoms with Crippen LogP contribution in [0.1, 0.15) is 36.5 Å². The molecule has 2 fully saturated rings. The Kier molecular flexibility index (Phi) is 4.49. The van der Waals surface area contributed by atoms with Gasteiger partial charge < -0.3 is 15.5 Å². The molecule has 0 aromatic heterocycles. The summed E-state index contributed by atoms with van der Waals surface area (Å²) in [5.41, 5.74) is 1.01. The molecule has 24 heavy (non-hydrogen) atoms. The van der Waals surface area contributed by atoms with Crippen molar-refractivity contribution in [3.8, 4) is 0 Å². The largest absolute Gasteiger partial charge is 0.356 e. The first-order valence-corrected chi connectivity index (χ1v) is 8.39. The number of carbonyl (C=O) groups excluding carboxylic acids is 3. The van der Waals surface area contributed by atoms with Crippen molar-refractivity contribution in [1.82, 2.24) is 10.2 Å². The van der Waals surface area contributed by atoms with Gasteiger partial charge in [-0.05, 0) is 36.5 Å². The molecule has 0 radical (unpaired) electrons. The molecule has 0 atom stereocenters. The number of amides is 3. The van der Waals surface area contributed by atoms with E-state index in [1.54, 1.807) is 23.1 Å². The molecule has 1 aromatic carbocycles. The second kappa shape index (κ2) is 6.43. The smallest absolute Gasteiger partial charge is 0.253 e. The fraction of sp³-hybridized carbons (Fsp3) is 0.471. The molecule has 1 aromatic rings. The fourth-order valence-electron chi connectivity index (χ4n) is 3.41. The normalized spacial score (nSPS) is 19.2. The van der Waals surface area contributed by atoms with Gasteiger partial charge in [-0.15, -0.1) is 0 Å². The Morgan fingerprint density at radius 2 is 2.00 bits per heavy atom. The average molecular weight is 350 g/mol. The standard InChI is InChI=1S/C17H20ClN3O3/c1-11(22)20-14-3-2-12(8-13(14)18)16(24)21-6-4-17(5-7-21)9-15(23)19-10-17/h2-3,8H,4-7,9-10H2,1H3,(H,19,23)(H,20,22). The monoisotopic (exact) mass is 349 g/mol. The molecule has 7 heteroatoms. The SMILES string of the molecule is CC(=O)Nc1ccc(C(=O)N2CCC3(CC2)CNC(=O)C3)cc1Cl. The third-order valence-corrected chi connectivity index (χ3v) is 5.15. The molecule has 0 aliphatic carbocycles. The maximum Gasteiger partial charge on any atom is 0.253 e. The molecule has 2 N–H and O–H groups in total. The van der Waals surface area contributed by atoms with E-state index in [0.717, 1.165) is 12.8 Å². The highest BCUT2D eigenvalue weighted by atomic mass is 35.5. The summed E-state index contributed by atoms with van der Waals surface area (Å²) in [6, 6.07) is 4.90. The minimum Gasteiger partial charge on any atom is -0.356 e. The van der Waals surface area contributed by atoms with Gasteiger partial charge in [0.05, 0.1) is 10.7 Å². The maximum atomic E-state index is 12.7. The molecule has 3 rings (SSSR count). The second-order valence-electron chi connectivity index (χ2n) is 6.62. The van der Waals surface area contributed by atoms with Gasteiger partial charge in [0.1, 0.15) is 0 Å². The van der Waals surface area contributed by atoms with Crippen LogP contribution in [0.15, 0.2) is 18.2 Å². The minimum atomic E-state index is -0.211. The lowest BCUT2D eigenvalue weighted by atomic mass is 9.77. The van der Waals surface area contributed by atoms with E-state index < -0.39 is 0 Å². The van der Waals surface area contributed by atoms with Gasteiger partial charge in [0, 0.05) is 38.5 Å². The van der Waals surface area contributed by atoms with Gasteiger partial charge >= 0.3 is 0 Å². The van der Waals surface area contributed by atoms with Crippen molar-refractivity contribution in [2.75, 3.05) is 25.0 Å². The first kappa shape index (κ1) is 16.8. The first-order chi connectivity index (χ1) is 11.4. The van der Waals surface area contributed by atoms with Gasteiger partial charge in [-0.1, -0.05) is 11.6 Å². The summed E-state index contributed by atoms with van der Waals surface area (Å²) in [6.45, 7) is 3.39. The number of likely N-dealkylation sites (tertiary alicyclic amines) is 1. The van der Waals surface area contributed by atoms with Crippen LogP contribution >= 0.6 is 11.6 Å². The average Bonchev–Trinajstić information content (AvgIpc) is 2.90. The summed E-state index contributed by atoms with van der Waals surface area (Å²) in [7, 11) is 0. The number of hydrogen-bond acceptors (Lipinski definition) is 3. The van der Waals surface area contributed by atoms with Crippen LogP contribution in [-0.4, -0.2) is 42.3 Å². The predicted molar refractivity (Wildman–Crippen MR) is 91.0 cm³/mol. The van der Waals surface area contributed by atoms with Crippen LogP contribution in [-0.2, 0) is 9.59 Å². The van der Waals surface area contributed by atoms with Gasteiger partial charge in [0.25, 0.3) is 5.91 Å². The van der Waals surface area contributed by atoms with Crippen LogP contribution in [0, 0.1) is 5.41 Å². The van der Waals surface area contributed by atoms with Crippen molar-refractivity contribution in [3.63, 3.8) is 0 Å². The molecule has 6 nitrogen and oxygen atoms in total. The van der Waals surface area contributed by atoms with Crippen molar-refractivity contribution in [2.45, 2.75) is 26.2 Å². The number of piperidine rings is 1. The molecule has 0 unspecified atom stereocenters. The van der Waals surface area contributed by atoms with Gasteiger partial charge in [-0.2, -0.15) is 0 Å². The first-order valence-electron chi connectivity index (χ1n) is 8.02. The van der Waals surface area contributed by atoms with Crippen LogP contribution in [0.25, 0.3) is 0 Å². The molecule has 128 valence electrons. The summed E-state index contributed by atoms with van der Waals surface area (Å²) < 4.78 is 0. The Balaban J connectivity index is 1.66. The maximum absolute atomic E-state index is 12.7. The molecule has 2 saturated heterocycles. The number of nitrogens with one attached hydrogen (secondary N) is 2. The number of rotatable bonds is 2. The summed E-state index contributed by atoms with van der Waals surface area (Å²) >= 11 is 6.14. The molecular weight excluding hydrogens is 330 g/mol. The number of nitrogens with zero attached hydrogens (tertiary/aromatic N) is 1. The highest BCUT2D eigenvalue weighted by Gasteiger charge is 2.41. The topological polar surface area (TPSA) is 78.5 Å². The minimum absolute atomic E-state index is 0.0147. The Hall–Kier alpha value is -2.08. The molecule has 2 aliphatic heterocycles.